The van der Waals surface area contributed by atoms with Crippen molar-refractivity contribution in [2.75, 3.05) is 6.61 Å². The van der Waals surface area contributed by atoms with Gasteiger partial charge in [-0.15, -0.1) is 0 Å². The average Bonchev–Trinajstić information content (AvgIpc) is 2.90. The number of amides is 1. The van der Waals surface area contributed by atoms with E-state index >= 15 is 0 Å². The highest BCUT2D eigenvalue weighted by atomic mass is 79.9. The number of H-pyrrole nitrogens is 1. The number of hydrogen-bond donors (Lipinski definition) is 3. The number of unbranched alkanes of at least 4 members (excludes halogenated alkanes) is 1. The monoisotopic (exact) mass is 366 g/mol. The Morgan fingerprint density at radius 2 is 2.27 bits per heavy atom. The van der Waals surface area contributed by atoms with Gasteiger partial charge in [-0.3, -0.25) is 15.3 Å². The molecule has 1 aromatic heterocycles. The second-order valence-electron chi connectivity index (χ2n) is 4.89. The largest absolute Gasteiger partial charge is 0.492 e. The molecule has 118 valence electrons. The van der Waals surface area contributed by atoms with E-state index in [2.05, 4.69) is 38.5 Å². The van der Waals surface area contributed by atoms with Crippen molar-refractivity contribution in [1.29, 1.82) is 0 Å². The fourth-order valence-corrected chi connectivity index (χ4v) is 2.57. The highest BCUT2D eigenvalue weighted by Crippen LogP contribution is 2.32. The quantitative estimate of drug-likeness (QED) is 0.317. The number of nitrogens with zero attached hydrogens (tertiary/aromatic N) is 1. The minimum Gasteiger partial charge on any atom is -0.492 e. The molecule has 2 rings (SSSR count). The first-order valence-electron chi connectivity index (χ1n) is 7.07. The summed E-state index contributed by atoms with van der Waals surface area (Å²) in [5.74, 6) is 5.63. The van der Waals surface area contributed by atoms with E-state index in [0.717, 1.165) is 28.6 Å². The number of aromatic amines is 1. The second-order valence-corrected chi connectivity index (χ2v) is 5.75. The topological polar surface area (TPSA) is 93.0 Å². The molecule has 0 radical (unpaired) electrons. The number of rotatable bonds is 6. The third-order valence-electron chi connectivity index (χ3n) is 3.27. The summed E-state index contributed by atoms with van der Waals surface area (Å²) in [7, 11) is 0. The lowest BCUT2D eigenvalue weighted by Gasteiger charge is -2.09. The van der Waals surface area contributed by atoms with E-state index in [1.165, 1.54) is 0 Å². The van der Waals surface area contributed by atoms with Crippen LogP contribution in [0.2, 0.25) is 0 Å². The molecule has 0 bridgehead atoms. The van der Waals surface area contributed by atoms with Crippen molar-refractivity contribution < 1.29 is 9.53 Å². The Labute approximate surface area is 137 Å². The lowest BCUT2D eigenvalue weighted by Crippen LogP contribution is -2.30. The number of aryl methyl sites for hydroxylation is 1. The normalized spacial score (nSPS) is 10.5. The number of carbonyl (C=O) groups is 1. The Kier molecular flexibility index (Phi) is 5.57. The van der Waals surface area contributed by atoms with Gasteiger partial charge in [-0.25, -0.2) is 5.84 Å². The third-order valence-corrected chi connectivity index (χ3v) is 3.89. The number of carbonyl (C=O) groups excluding carboxylic acids is 1. The molecule has 0 unspecified atom stereocenters. The maximum atomic E-state index is 11.9. The van der Waals surface area contributed by atoms with Crippen LogP contribution in [-0.4, -0.2) is 22.7 Å². The van der Waals surface area contributed by atoms with Crippen LogP contribution in [-0.2, 0) is 0 Å². The first kappa shape index (κ1) is 16.5. The minimum absolute atomic E-state index is 0.374. The fourth-order valence-electron chi connectivity index (χ4n) is 2.08. The van der Waals surface area contributed by atoms with Gasteiger partial charge in [-0.2, -0.15) is 5.10 Å². The van der Waals surface area contributed by atoms with E-state index in [1.807, 2.05) is 18.2 Å². The summed E-state index contributed by atoms with van der Waals surface area (Å²) in [4.78, 5) is 11.9. The van der Waals surface area contributed by atoms with Crippen LogP contribution in [0.1, 0.15) is 35.8 Å². The smallest absolute Gasteiger partial charge is 0.269 e. The van der Waals surface area contributed by atoms with Crippen LogP contribution in [0.15, 0.2) is 22.7 Å². The third kappa shape index (κ3) is 3.48. The second kappa shape index (κ2) is 7.42. The van der Waals surface area contributed by atoms with Crippen molar-refractivity contribution in [3.8, 4) is 17.0 Å². The molecule has 0 spiro atoms. The summed E-state index contributed by atoms with van der Waals surface area (Å²) in [5.41, 5.74) is 4.61. The molecule has 0 aliphatic carbocycles. The van der Waals surface area contributed by atoms with E-state index in [9.17, 15) is 4.79 Å². The van der Waals surface area contributed by atoms with Gasteiger partial charge in [0.1, 0.15) is 11.4 Å². The molecule has 0 saturated carbocycles. The van der Waals surface area contributed by atoms with Crippen LogP contribution < -0.4 is 16.0 Å². The van der Waals surface area contributed by atoms with E-state index in [0.29, 0.717) is 23.6 Å². The predicted octanol–water partition coefficient (Wildman–Crippen LogP) is 2.93. The Balaban J connectivity index is 2.31. The van der Waals surface area contributed by atoms with E-state index in [-0.39, 0.29) is 5.91 Å². The number of nitrogens with two attached hydrogens (primary N) is 1. The zero-order chi connectivity index (χ0) is 16.1. The summed E-state index contributed by atoms with van der Waals surface area (Å²) in [6.07, 6.45) is 2.09. The summed E-state index contributed by atoms with van der Waals surface area (Å²) in [5, 5.41) is 7.01. The van der Waals surface area contributed by atoms with Crippen molar-refractivity contribution in [3.63, 3.8) is 0 Å². The molecule has 2 aromatic rings. The molecule has 4 N–H and O–H groups in total. The van der Waals surface area contributed by atoms with Gasteiger partial charge in [0, 0.05) is 11.3 Å². The number of nitrogens with one attached hydrogen (secondary N) is 2. The predicted molar refractivity (Wildman–Crippen MR) is 88.5 cm³/mol. The van der Waals surface area contributed by atoms with Crippen LogP contribution in [0.3, 0.4) is 0 Å². The maximum absolute atomic E-state index is 11.9. The van der Waals surface area contributed by atoms with Crippen LogP contribution in [0.25, 0.3) is 11.3 Å². The highest BCUT2D eigenvalue weighted by Gasteiger charge is 2.19. The number of nitrogen functional groups attached to an aromatic ring is 1. The van der Waals surface area contributed by atoms with Crippen LogP contribution in [0.5, 0.6) is 5.75 Å². The molecule has 1 amide bonds. The van der Waals surface area contributed by atoms with Gasteiger partial charge in [0.05, 0.1) is 16.6 Å². The first-order chi connectivity index (χ1) is 10.6. The number of benzene rings is 1. The van der Waals surface area contributed by atoms with Crippen molar-refractivity contribution in [3.05, 3.63) is 33.9 Å². The van der Waals surface area contributed by atoms with Crippen molar-refractivity contribution >= 4 is 21.8 Å². The van der Waals surface area contributed by atoms with Gasteiger partial charge in [0.2, 0.25) is 0 Å². The van der Waals surface area contributed by atoms with Crippen molar-refractivity contribution in [1.82, 2.24) is 15.6 Å². The molecule has 0 fully saturated rings. The van der Waals surface area contributed by atoms with Crippen molar-refractivity contribution in [2.45, 2.75) is 26.7 Å². The van der Waals surface area contributed by atoms with Gasteiger partial charge < -0.3 is 4.74 Å². The van der Waals surface area contributed by atoms with E-state index < -0.39 is 0 Å². The number of hydrogen-bond acceptors (Lipinski definition) is 4. The molecule has 0 aliphatic rings. The standard InChI is InChI=1S/C15H19BrN4O2/c1-3-4-7-22-12-6-5-10(8-11(12)16)14-13(15(21)18-17)9(2)19-20-14/h5-6,8H,3-4,7,17H2,1-2H3,(H,18,21)(H,19,20). The van der Waals surface area contributed by atoms with Crippen molar-refractivity contribution in [2.24, 2.45) is 5.84 Å². The molecule has 7 heteroatoms. The number of hydrazine groups is 1. The molecule has 0 atom stereocenters. The van der Waals surface area contributed by atoms with Crippen LogP contribution in [0, 0.1) is 6.92 Å². The molecular formula is C15H19BrN4O2. The fraction of sp³-hybridized carbons (Fsp3) is 0.333. The maximum Gasteiger partial charge on any atom is 0.269 e. The number of halogens is 1. The molecular weight excluding hydrogens is 348 g/mol. The van der Waals surface area contributed by atoms with E-state index in [4.69, 9.17) is 10.6 Å². The molecule has 0 saturated heterocycles. The molecule has 0 aliphatic heterocycles. The van der Waals surface area contributed by atoms with Gasteiger partial charge in [0.15, 0.2) is 0 Å². The Morgan fingerprint density at radius 1 is 1.50 bits per heavy atom. The highest BCUT2D eigenvalue weighted by molar-refractivity contribution is 9.10. The Morgan fingerprint density at radius 3 is 2.91 bits per heavy atom. The lowest BCUT2D eigenvalue weighted by atomic mass is 10.1. The minimum atomic E-state index is -0.374. The summed E-state index contributed by atoms with van der Waals surface area (Å²) in [6.45, 7) is 4.57. The van der Waals surface area contributed by atoms with Gasteiger partial charge in [-0.1, -0.05) is 13.3 Å². The lowest BCUT2D eigenvalue weighted by molar-refractivity contribution is 0.0954. The summed E-state index contributed by atoms with van der Waals surface area (Å²) in [6, 6.07) is 5.61. The Hall–Kier alpha value is -1.86. The van der Waals surface area contributed by atoms with E-state index in [1.54, 1.807) is 6.92 Å². The first-order valence-corrected chi connectivity index (χ1v) is 7.86. The van der Waals surface area contributed by atoms with Gasteiger partial charge in [-0.05, 0) is 47.5 Å². The van der Waals surface area contributed by atoms with Gasteiger partial charge >= 0.3 is 0 Å². The Bertz CT molecular complexity index is 670. The summed E-state index contributed by atoms with van der Waals surface area (Å²) < 4.78 is 6.52. The SMILES string of the molecule is CCCCOc1ccc(-c2n[nH]c(C)c2C(=O)NN)cc1Br. The summed E-state index contributed by atoms with van der Waals surface area (Å²) >= 11 is 3.49. The zero-order valence-corrected chi connectivity index (χ0v) is 14.2. The average molecular weight is 367 g/mol. The molecule has 1 heterocycles. The molecule has 1 aromatic carbocycles. The molecule has 22 heavy (non-hydrogen) atoms. The number of ether oxygens (including phenoxy) is 1. The van der Waals surface area contributed by atoms with Crippen LogP contribution in [0.4, 0.5) is 0 Å². The number of aromatic nitrogens is 2. The van der Waals surface area contributed by atoms with Crippen LogP contribution >= 0.6 is 15.9 Å². The zero-order valence-electron chi connectivity index (χ0n) is 12.6. The van der Waals surface area contributed by atoms with Gasteiger partial charge in [0.25, 0.3) is 5.91 Å². The molecule has 6 nitrogen and oxygen atoms in total.